The number of hydrogen-bond acceptors (Lipinski definition) is 2. The van der Waals surface area contributed by atoms with Crippen LogP contribution in [-0.2, 0) is 4.74 Å². The van der Waals surface area contributed by atoms with Crippen molar-refractivity contribution in [2.75, 3.05) is 6.61 Å². The fourth-order valence-electron chi connectivity index (χ4n) is 2.70. The highest BCUT2D eigenvalue weighted by Crippen LogP contribution is 2.35. The number of ether oxygens (including phenoxy) is 1. The quantitative estimate of drug-likeness (QED) is 0.732. The van der Waals surface area contributed by atoms with Crippen LogP contribution >= 0.6 is 0 Å². The Morgan fingerprint density at radius 2 is 2.00 bits per heavy atom. The van der Waals surface area contributed by atoms with Crippen LogP contribution in [0.5, 0.6) is 0 Å². The predicted octanol–water partition coefficient (Wildman–Crippen LogP) is 2.19. The highest BCUT2D eigenvalue weighted by molar-refractivity contribution is 4.94. The Labute approximate surface area is 87.4 Å². The van der Waals surface area contributed by atoms with Crippen LogP contribution in [0, 0.1) is 11.8 Å². The first-order chi connectivity index (χ1) is 6.48. The molecular formula is C12H23NO. The topological polar surface area (TPSA) is 21.3 Å². The monoisotopic (exact) mass is 197 g/mol. The van der Waals surface area contributed by atoms with E-state index in [0.717, 1.165) is 30.9 Å². The normalized spacial score (nSPS) is 46.3. The van der Waals surface area contributed by atoms with Crippen molar-refractivity contribution < 1.29 is 4.74 Å². The molecule has 0 amide bonds. The lowest BCUT2D eigenvalue weighted by Crippen LogP contribution is -2.52. The summed E-state index contributed by atoms with van der Waals surface area (Å²) in [7, 11) is 0. The van der Waals surface area contributed by atoms with Gasteiger partial charge in [0, 0.05) is 12.1 Å². The molecule has 14 heavy (non-hydrogen) atoms. The highest BCUT2D eigenvalue weighted by atomic mass is 16.5. The maximum absolute atomic E-state index is 5.72. The molecule has 82 valence electrons. The first-order valence-corrected chi connectivity index (χ1v) is 5.88. The Hall–Kier alpha value is -0.0800. The zero-order valence-electron chi connectivity index (χ0n) is 9.84. The van der Waals surface area contributed by atoms with Gasteiger partial charge in [0.05, 0.1) is 12.2 Å². The van der Waals surface area contributed by atoms with Crippen LogP contribution in [0.15, 0.2) is 0 Å². The van der Waals surface area contributed by atoms with E-state index in [2.05, 4.69) is 33.0 Å². The van der Waals surface area contributed by atoms with Gasteiger partial charge in [-0.05, 0) is 38.5 Å². The molecular weight excluding hydrogens is 174 g/mol. The predicted molar refractivity (Wildman–Crippen MR) is 58.3 cm³/mol. The van der Waals surface area contributed by atoms with E-state index in [1.807, 2.05) is 0 Å². The number of nitrogens with one attached hydrogen (secondary N) is 1. The van der Waals surface area contributed by atoms with Crippen LogP contribution in [0.1, 0.15) is 40.5 Å². The van der Waals surface area contributed by atoms with Crippen LogP contribution in [0.2, 0.25) is 0 Å². The van der Waals surface area contributed by atoms with Crippen LogP contribution in [0.3, 0.4) is 0 Å². The summed E-state index contributed by atoms with van der Waals surface area (Å²) in [6.45, 7) is 9.96. The second-order valence-corrected chi connectivity index (χ2v) is 5.82. The van der Waals surface area contributed by atoms with E-state index in [9.17, 15) is 0 Å². The van der Waals surface area contributed by atoms with Gasteiger partial charge in [-0.15, -0.1) is 0 Å². The van der Waals surface area contributed by atoms with Gasteiger partial charge in [0.1, 0.15) is 0 Å². The van der Waals surface area contributed by atoms with Gasteiger partial charge >= 0.3 is 0 Å². The van der Waals surface area contributed by atoms with Crippen molar-refractivity contribution in [2.45, 2.75) is 58.2 Å². The standard InChI is InChI=1S/C12H23NO/c1-8-5-11(9(8)2)13-10-6-12(3,4)14-7-10/h8-11,13H,5-7H2,1-4H3. The molecule has 2 heteroatoms. The lowest BCUT2D eigenvalue weighted by molar-refractivity contribution is 0.0346. The summed E-state index contributed by atoms with van der Waals surface area (Å²) in [5.41, 5.74) is 0.0935. The minimum Gasteiger partial charge on any atom is -0.374 e. The Morgan fingerprint density at radius 3 is 2.43 bits per heavy atom. The Morgan fingerprint density at radius 1 is 1.29 bits per heavy atom. The molecule has 0 aromatic heterocycles. The molecule has 1 aliphatic carbocycles. The lowest BCUT2D eigenvalue weighted by Gasteiger charge is -2.42. The molecule has 1 saturated carbocycles. The summed E-state index contributed by atoms with van der Waals surface area (Å²) in [6.07, 6.45) is 2.50. The molecule has 0 spiro atoms. The second-order valence-electron chi connectivity index (χ2n) is 5.82. The maximum Gasteiger partial charge on any atom is 0.0643 e. The summed E-state index contributed by atoms with van der Waals surface area (Å²) in [5.74, 6) is 1.75. The maximum atomic E-state index is 5.72. The van der Waals surface area contributed by atoms with Crippen molar-refractivity contribution in [3.05, 3.63) is 0 Å². The average Bonchev–Trinajstić information content (AvgIpc) is 2.45. The third-order valence-corrected chi connectivity index (χ3v) is 4.02. The summed E-state index contributed by atoms with van der Waals surface area (Å²) in [5, 5.41) is 3.73. The first-order valence-electron chi connectivity index (χ1n) is 5.88. The molecule has 2 fully saturated rings. The number of hydrogen-bond donors (Lipinski definition) is 1. The molecule has 1 N–H and O–H groups in total. The van der Waals surface area contributed by atoms with Crippen LogP contribution in [-0.4, -0.2) is 24.3 Å². The average molecular weight is 197 g/mol. The van der Waals surface area contributed by atoms with Crippen molar-refractivity contribution in [1.29, 1.82) is 0 Å². The molecule has 2 rings (SSSR count). The van der Waals surface area contributed by atoms with Crippen LogP contribution < -0.4 is 5.32 Å². The minimum absolute atomic E-state index is 0.0935. The Balaban J connectivity index is 1.77. The lowest BCUT2D eigenvalue weighted by atomic mass is 9.71. The molecule has 0 aromatic carbocycles. The molecule has 1 heterocycles. The van der Waals surface area contributed by atoms with Gasteiger partial charge in [-0.2, -0.15) is 0 Å². The van der Waals surface area contributed by atoms with Gasteiger partial charge in [0.15, 0.2) is 0 Å². The van der Waals surface area contributed by atoms with Gasteiger partial charge in [-0.3, -0.25) is 0 Å². The Bertz CT molecular complexity index is 214. The molecule has 1 aliphatic heterocycles. The summed E-state index contributed by atoms with van der Waals surface area (Å²) >= 11 is 0. The van der Waals surface area contributed by atoms with E-state index < -0.39 is 0 Å². The highest BCUT2D eigenvalue weighted by Gasteiger charge is 2.39. The van der Waals surface area contributed by atoms with E-state index in [1.54, 1.807) is 0 Å². The minimum atomic E-state index is 0.0935. The van der Waals surface area contributed by atoms with Gasteiger partial charge < -0.3 is 10.1 Å². The van der Waals surface area contributed by atoms with E-state index in [4.69, 9.17) is 4.74 Å². The molecule has 4 atom stereocenters. The van der Waals surface area contributed by atoms with Gasteiger partial charge in [0.2, 0.25) is 0 Å². The zero-order valence-corrected chi connectivity index (χ0v) is 9.84. The van der Waals surface area contributed by atoms with Crippen molar-refractivity contribution in [1.82, 2.24) is 5.32 Å². The summed E-state index contributed by atoms with van der Waals surface area (Å²) < 4.78 is 5.72. The van der Waals surface area contributed by atoms with Crippen molar-refractivity contribution in [3.63, 3.8) is 0 Å². The molecule has 2 nitrogen and oxygen atoms in total. The summed E-state index contributed by atoms with van der Waals surface area (Å²) in [4.78, 5) is 0. The van der Waals surface area contributed by atoms with Crippen molar-refractivity contribution in [3.8, 4) is 0 Å². The van der Waals surface area contributed by atoms with Gasteiger partial charge in [-0.25, -0.2) is 0 Å². The van der Waals surface area contributed by atoms with Crippen molar-refractivity contribution >= 4 is 0 Å². The second kappa shape index (κ2) is 3.49. The molecule has 0 bridgehead atoms. The molecule has 0 radical (unpaired) electrons. The third-order valence-electron chi connectivity index (χ3n) is 4.02. The molecule has 4 unspecified atom stereocenters. The zero-order chi connectivity index (χ0) is 10.3. The smallest absolute Gasteiger partial charge is 0.0643 e. The largest absolute Gasteiger partial charge is 0.374 e. The molecule has 1 saturated heterocycles. The van der Waals surface area contributed by atoms with Crippen molar-refractivity contribution in [2.24, 2.45) is 11.8 Å². The van der Waals surface area contributed by atoms with Crippen LogP contribution in [0.4, 0.5) is 0 Å². The van der Waals surface area contributed by atoms with E-state index in [1.165, 1.54) is 6.42 Å². The first kappa shape index (κ1) is 10.4. The van der Waals surface area contributed by atoms with Gasteiger partial charge in [0.25, 0.3) is 0 Å². The fourth-order valence-corrected chi connectivity index (χ4v) is 2.70. The van der Waals surface area contributed by atoms with E-state index >= 15 is 0 Å². The Kier molecular flexibility index (Phi) is 2.61. The number of rotatable bonds is 2. The fraction of sp³-hybridized carbons (Fsp3) is 1.00. The molecule has 0 aromatic rings. The van der Waals surface area contributed by atoms with E-state index in [0.29, 0.717) is 6.04 Å². The SMILES string of the molecule is CC1CC(NC2COC(C)(C)C2)C1C. The van der Waals surface area contributed by atoms with Crippen LogP contribution in [0.25, 0.3) is 0 Å². The van der Waals surface area contributed by atoms with Gasteiger partial charge in [-0.1, -0.05) is 13.8 Å². The summed E-state index contributed by atoms with van der Waals surface area (Å²) in [6, 6.07) is 1.33. The third kappa shape index (κ3) is 1.96. The molecule has 2 aliphatic rings. The van der Waals surface area contributed by atoms with E-state index in [-0.39, 0.29) is 5.60 Å².